The molecule has 4 heterocycles. The quantitative estimate of drug-likeness (QED) is 0.427. The summed E-state index contributed by atoms with van der Waals surface area (Å²) >= 11 is 1.78. The van der Waals surface area contributed by atoms with Crippen LogP contribution in [0.4, 0.5) is 0 Å². The van der Waals surface area contributed by atoms with Crippen LogP contribution in [0, 0.1) is 0 Å². The Morgan fingerprint density at radius 3 is 2.70 bits per heavy atom. The zero-order chi connectivity index (χ0) is 13.1. The first-order valence-electron chi connectivity index (χ1n) is 6.45. The van der Waals surface area contributed by atoms with E-state index in [1.54, 1.807) is 11.8 Å². The molecular formula is C16H9N3S. The van der Waals surface area contributed by atoms with Gasteiger partial charge in [0.2, 0.25) is 0 Å². The van der Waals surface area contributed by atoms with Crippen molar-refractivity contribution in [2.45, 2.75) is 9.79 Å². The van der Waals surface area contributed by atoms with Gasteiger partial charge in [-0.25, -0.2) is 4.98 Å². The molecule has 4 aromatic rings. The van der Waals surface area contributed by atoms with Gasteiger partial charge in [0.1, 0.15) is 0 Å². The Morgan fingerprint density at radius 1 is 0.850 bits per heavy atom. The van der Waals surface area contributed by atoms with E-state index in [2.05, 4.69) is 44.9 Å². The first kappa shape index (κ1) is 10.5. The van der Waals surface area contributed by atoms with Gasteiger partial charge in [0.05, 0.1) is 21.4 Å². The summed E-state index contributed by atoms with van der Waals surface area (Å²) in [5, 5.41) is 1.20. The highest BCUT2D eigenvalue weighted by Gasteiger charge is 2.23. The number of para-hydroxylation sites is 1. The minimum atomic E-state index is 1.00. The Morgan fingerprint density at radius 2 is 1.70 bits per heavy atom. The second-order valence-electron chi connectivity index (χ2n) is 4.79. The molecule has 4 heteroatoms. The molecule has 0 atom stereocenters. The Kier molecular flexibility index (Phi) is 1.89. The van der Waals surface area contributed by atoms with Crippen LogP contribution in [0.3, 0.4) is 0 Å². The van der Waals surface area contributed by atoms with Crippen LogP contribution < -0.4 is 0 Å². The summed E-state index contributed by atoms with van der Waals surface area (Å²) < 4.78 is 2.23. The van der Waals surface area contributed by atoms with Crippen LogP contribution >= 0.6 is 11.8 Å². The number of hydrogen-bond acceptors (Lipinski definition) is 3. The summed E-state index contributed by atoms with van der Waals surface area (Å²) in [4.78, 5) is 11.6. The van der Waals surface area contributed by atoms with Crippen molar-refractivity contribution in [2.75, 3.05) is 0 Å². The maximum absolute atomic E-state index is 4.58. The molecule has 20 heavy (non-hydrogen) atoms. The molecule has 5 rings (SSSR count). The van der Waals surface area contributed by atoms with Gasteiger partial charge in [-0.05, 0) is 30.3 Å². The van der Waals surface area contributed by atoms with Gasteiger partial charge >= 0.3 is 0 Å². The van der Waals surface area contributed by atoms with E-state index in [9.17, 15) is 0 Å². The molecule has 0 saturated carbocycles. The Balaban J connectivity index is 2.12. The van der Waals surface area contributed by atoms with Gasteiger partial charge in [0.15, 0.2) is 5.82 Å². The van der Waals surface area contributed by atoms with Gasteiger partial charge in [0.25, 0.3) is 0 Å². The van der Waals surface area contributed by atoms with Gasteiger partial charge in [-0.3, -0.25) is 9.55 Å². The number of nitrogens with zero attached hydrogens (tertiary/aromatic N) is 3. The largest absolute Gasteiger partial charge is 0.290 e. The lowest BCUT2D eigenvalue weighted by molar-refractivity contribution is 1.01. The van der Waals surface area contributed by atoms with Crippen molar-refractivity contribution in [3.05, 3.63) is 54.9 Å². The fourth-order valence-electron chi connectivity index (χ4n) is 2.90. The summed E-state index contributed by atoms with van der Waals surface area (Å²) in [5.74, 6) is 1.00. The fourth-order valence-corrected chi connectivity index (χ4v) is 3.96. The van der Waals surface area contributed by atoms with E-state index in [4.69, 9.17) is 0 Å². The van der Waals surface area contributed by atoms with Gasteiger partial charge in [-0.2, -0.15) is 0 Å². The van der Waals surface area contributed by atoms with Crippen LogP contribution in [0.25, 0.3) is 27.8 Å². The van der Waals surface area contributed by atoms with E-state index >= 15 is 0 Å². The third-order valence-electron chi connectivity index (χ3n) is 3.69. The lowest BCUT2D eigenvalue weighted by atomic mass is 10.2. The molecule has 0 fully saturated rings. The Hall–Kier alpha value is -2.33. The average molecular weight is 275 g/mol. The molecule has 0 unspecified atom stereocenters. The third kappa shape index (κ3) is 1.17. The van der Waals surface area contributed by atoms with Crippen LogP contribution in [0.1, 0.15) is 0 Å². The van der Waals surface area contributed by atoms with E-state index in [1.165, 1.54) is 20.7 Å². The fraction of sp³-hybridized carbons (Fsp3) is 0. The van der Waals surface area contributed by atoms with E-state index in [0.717, 1.165) is 16.9 Å². The van der Waals surface area contributed by atoms with Gasteiger partial charge in [0, 0.05) is 22.7 Å². The van der Waals surface area contributed by atoms with Crippen molar-refractivity contribution in [3.8, 4) is 5.82 Å². The van der Waals surface area contributed by atoms with E-state index in [0.29, 0.717) is 0 Å². The number of hydrogen-bond donors (Lipinski definition) is 0. The van der Waals surface area contributed by atoms with E-state index < -0.39 is 0 Å². The molecule has 0 saturated heterocycles. The van der Waals surface area contributed by atoms with Crippen molar-refractivity contribution in [3.63, 3.8) is 0 Å². The minimum Gasteiger partial charge on any atom is -0.290 e. The summed E-state index contributed by atoms with van der Waals surface area (Å²) in [5.41, 5.74) is 3.39. The Labute approximate surface area is 119 Å². The lowest BCUT2D eigenvalue weighted by Gasteiger charge is -2.18. The molecule has 0 amide bonds. The molecule has 94 valence electrons. The number of fused-ring (bicyclic) bond motifs is 5. The molecule has 0 radical (unpaired) electrons. The maximum Gasteiger partial charge on any atom is 0.151 e. The average Bonchev–Trinajstić information content (AvgIpc) is 2.85. The van der Waals surface area contributed by atoms with Crippen LogP contribution in [0.5, 0.6) is 0 Å². The smallest absolute Gasteiger partial charge is 0.151 e. The number of benzene rings is 1. The number of aromatic nitrogens is 3. The minimum absolute atomic E-state index is 1.00. The molecule has 1 aromatic carbocycles. The highest BCUT2D eigenvalue weighted by Crippen LogP contribution is 2.44. The predicted molar refractivity (Wildman–Crippen MR) is 80.5 cm³/mol. The molecular weight excluding hydrogens is 266 g/mol. The topological polar surface area (TPSA) is 30.7 Å². The molecule has 1 aliphatic rings. The van der Waals surface area contributed by atoms with Gasteiger partial charge in [-0.1, -0.05) is 23.9 Å². The van der Waals surface area contributed by atoms with Crippen molar-refractivity contribution < 1.29 is 0 Å². The zero-order valence-electron chi connectivity index (χ0n) is 10.4. The summed E-state index contributed by atoms with van der Waals surface area (Å²) in [7, 11) is 0. The predicted octanol–water partition coefficient (Wildman–Crippen LogP) is 4.04. The molecule has 1 aliphatic heterocycles. The molecule has 0 spiro atoms. The Bertz CT molecular complexity index is 988. The first-order chi connectivity index (χ1) is 9.93. The molecule has 3 aromatic heterocycles. The van der Waals surface area contributed by atoms with Crippen LogP contribution in [0.15, 0.2) is 64.6 Å². The SMILES string of the molecule is c1cnc2c(c1)Sc1cccc3c4ncccc4n-2c13. The molecule has 3 nitrogen and oxygen atoms in total. The second-order valence-corrected chi connectivity index (χ2v) is 5.87. The zero-order valence-corrected chi connectivity index (χ0v) is 11.3. The number of rotatable bonds is 0. The maximum atomic E-state index is 4.58. The highest BCUT2D eigenvalue weighted by molar-refractivity contribution is 7.99. The van der Waals surface area contributed by atoms with Crippen LogP contribution in [-0.2, 0) is 0 Å². The van der Waals surface area contributed by atoms with Gasteiger partial charge in [-0.15, -0.1) is 0 Å². The normalized spacial score (nSPS) is 12.8. The number of pyridine rings is 2. The lowest BCUT2D eigenvalue weighted by Crippen LogP contribution is -2.03. The molecule has 0 bridgehead atoms. The van der Waals surface area contributed by atoms with Crippen LogP contribution in [0.2, 0.25) is 0 Å². The monoisotopic (exact) mass is 275 g/mol. The molecule has 0 aliphatic carbocycles. The second kappa shape index (κ2) is 3.61. The standard InChI is InChI=1S/C16H9N3S/c1-4-10-14-11(5-2-8-17-14)19-15(10)12(6-1)20-13-7-3-9-18-16(13)19/h1-9H. The molecule has 0 N–H and O–H groups in total. The van der Waals surface area contributed by atoms with Crippen molar-refractivity contribution in [1.82, 2.24) is 14.5 Å². The third-order valence-corrected chi connectivity index (χ3v) is 4.78. The van der Waals surface area contributed by atoms with E-state index in [-0.39, 0.29) is 0 Å². The highest BCUT2D eigenvalue weighted by atomic mass is 32.2. The van der Waals surface area contributed by atoms with Crippen LogP contribution in [-0.4, -0.2) is 14.5 Å². The van der Waals surface area contributed by atoms with Crippen molar-refractivity contribution >= 4 is 33.7 Å². The van der Waals surface area contributed by atoms with E-state index in [1.807, 2.05) is 24.5 Å². The summed E-state index contributed by atoms with van der Waals surface area (Å²) in [6, 6.07) is 14.6. The van der Waals surface area contributed by atoms with Crippen molar-refractivity contribution in [2.24, 2.45) is 0 Å². The summed E-state index contributed by atoms with van der Waals surface area (Å²) in [6.45, 7) is 0. The van der Waals surface area contributed by atoms with Gasteiger partial charge < -0.3 is 0 Å². The first-order valence-corrected chi connectivity index (χ1v) is 7.26. The summed E-state index contributed by atoms with van der Waals surface area (Å²) in [6.07, 6.45) is 3.70. The van der Waals surface area contributed by atoms with Crippen molar-refractivity contribution in [1.29, 1.82) is 0 Å².